The maximum absolute atomic E-state index is 3.91. The van der Waals surface area contributed by atoms with Crippen molar-refractivity contribution in [3.63, 3.8) is 0 Å². The molecule has 4 rings (SSSR count). The van der Waals surface area contributed by atoms with Crippen LogP contribution in [0.15, 0.2) is 64.3 Å². The average molecular weight is 532 g/mol. The number of aryl methyl sites for hydroxylation is 1. The van der Waals surface area contributed by atoms with Crippen LogP contribution in [0.25, 0.3) is 11.6 Å². The minimum absolute atomic E-state index is 0. The number of hydrogen-bond donors (Lipinski definition) is 0. The van der Waals surface area contributed by atoms with Gasteiger partial charge in [-0.25, -0.2) is 0 Å². The van der Waals surface area contributed by atoms with Crippen LogP contribution in [0, 0.1) is 5.41 Å². The van der Waals surface area contributed by atoms with E-state index in [9.17, 15) is 0 Å². The second-order valence-electron chi connectivity index (χ2n) is 8.26. The fourth-order valence-electron chi connectivity index (χ4n) is 5.87. The summed E-state index contributed by atoms with van der Waals surface area (Å²) in [5.41, 5.74) is 10.8. The SMILES string of the molecule is CCC1=C(CC)C(CC)(CC)C(C2=CC=CC2)=C2[C-]=c3cc(CC)ccc3=C21.[Cl-].[Cl-].[Zr+3]. The molecule has 0 aromatic heterocycles. The van der Waals surface area contributed by atoms with Gasteiger partial charge in [0.1, 0.15) is 0 Å². The molecule has 0 N–H and O–H groups in total. The number of benzene rings is 1. The molecule has 3 heteroatoms. The first-order valence-electron chi connectivity index (χ1n) is 11.3. The number of allylic oxidation sites excluding steroid dienone is 8. The van der Waals surface area contributed by atoms with Crippen molar-refractivity contribution in [1.29, 1.82) is 0 Å². The molecule has 1 aromatic carbocycles. The zero-order valence-electron chi connectivity index (χ0n) is 19.5. The van der Waals surface area contributed by atoms with E-state index >= 15 is 0 Å². The number of hydrogen-bond acceptors (Lipinski definition) is 0. The van der Waals surface area contributed by atoms with Gasteiger partial charge in [-0.1, -0.05) is 92.8 Å². The fraction of sp³-hybridized carbons (Fsp3) is 0.429. The summed E-state index contributed by atoms with van der Waals surface area (Å²) in [6.45, 7) is 11.7. The molecule has 3 aliphatic carbocycles. The molecule has 0 saturated heterocycles. The second kappa shape index (κ2) is 11.5. The standard InChI is InChI=1S/C28H33.2ClH.Zr/c1-6-19-15-16-23-21(17-19)18-24-26(23)22(7-2)25(8-3)28(9-4,10-5)27(24)20-13-11-12-14-20;;;/h11-13,15-17H,6-10,14H2,1-5H3;2*1H;/q-1;;;+3/p-2. The molecule has 0 spiro atoms. The zero-order chi connectivity index (χ0) is 19.9. The molecule has 3 aliphatic rings. The van der Waals surface area contributed by atoms with Gasteiger partial charge in [-0.3, -0.25) is 0 Å². The summed E-state index contributed by atoms with van der Waals surface area (Å²) in [6.07, 6.45) is 17.5. The fourth-order valence-corrected chi connectivity index (χ4v) is 5.87. The molecular weight excluding hydrogens is 498 g/mol. The van der Waals surface area contributed by atoms with Crippen molar-refractivity contribution in [2.75, 3.05) is 0 Å². The van der Waals surface area contributed by atoms with E-state index in [1.54, 1.807) is 16.7 Å². The van der Waals surface area contributed by atoms with Crippen molar-refractivity contribution in [2.45, 2.75) is 73.1 Å². The van der Waals surface area contributed by atoms with Gasteiger partial charge < -0.3 is 24.8 Å². The van der Waals surface area contributed by atoms with Crippen LogP contribution in [0.4, 0.5) is 0 Å². The number of halogens is 2. The summed E-state index contributed by atoms with van der Waals surface area (Å²) in [5, 5.41) is 2.71. The summed E-state index contributed by atoms with van der Waals surface area (Å²) < 4.78 is 0. The van der Waals surface area contributed by atoms with Crippen LogP contribution in [-0.4, -0.2) is 0 Å². The van der Waals surface area contributed by atoms with Crippen molar-refractivity contribution >= 4 is 11.6 Å². The number of rotatable bonds is 6. The van der Waals surface area contributed by atoms with E-state index in [4.69, 9.17) is 0 Å². The third-order valence-corrected chi connectivity index (χ3v) is 7.25. The Labute approximate surface area is 220 Å². The molecule has 0 atom stereocenters. The van der Waals surface area contributed by atoms with Crippen LogP contribution in [0.3, 0.4) is 0 Å². The first kappa shape index (κ1) is 28.4. The third-order valence-electron chi connectivity index (χ3n) is 7.25. The quantitative estimate of drug-likeness (QED) is 0.460. The molecule has 0 nitrogen and oxygen atoms in total. The Morgan fingerprint density at radius 2 is 1.65 bits per heavy atom. The van der Waals surface area contributed by atoms with Gasteiger partial charge in [0.25, 0.3) is 0 Å². The molecular formula is C28H33Cl2Zr. The van der Waals surface area contributed by atoms with E-state index in [0.29, 0.717) is 0 Å². The molecule has 31 heavy (non-hydrogen) atoms. The Bertz CT molecular complexity index is 1060. The summed E-state index contributed by atoms with van der Waals surface area (Å²) in [4.78, 5) is 0. The van der Waals surface area contributed by atoms with Crippen LogP contribution in [0.2, 0.25) is 0 Å². The van der Waals surface area contributed by atoms with Gasteiger partial charge in [0.2, 0.25) is 0 Å². The maximum atomic E-state index is 3.91. The van der Waals surface area contributed by atoms with E-state index in [1.165, 1.54) is 32.7 Å². The van der Waals surface area contributed by atoms with Crippen molar-refractivity contribution in [2.24, 2.45) is 5.41 Å². The Hall–Kier alpha value is -0.617. The van der Waals surface area contributed by atoms with Crippen molar-refractivity contribution in [3.8, 4) is 0 Å². The van der Waals surface area contributed by atoms with Gasteiger partial charge in [-0.2, -0.15) is 0 Å². The van der Waals surface area contributed by atoms with E-state index < -0.39 is 0 Å². The summed E-state index contributed by atoms with van der Waals surface area (Å²) in [5.74, 6) is 0. The Balaban J connectivity index is 0.00000160. The van der Waals surface area contributed by atoms with Gasteiger partial charge in [0, 0.05) is 0 Å². The van der Waals surface area contributed by atoms with Crippen molar-refractivity contribution in [1.82, 2.24) is 0 Å². The first-order valence-corrected chi connectivity index (χ1v) is 11.3. The predicted molar refractivity (Wildman–Crippen MR) is 121 cm³/mol. The maximum Gasteiger partial charge on any atom is 3.00 e. The second-order valence-corrected chi connectivity index (χ2v) is 8.26. The van der Waals surface area contributed by atoms with E-state index in [1.807, 2.05) is 0 Å². The minimum atomic E-state index is 0. The molecule has 0 saturated carbocycles. The molecule has 1 aromatic rings. The number of fused-ring (bicyclic) bond motifs is 2. The van der Waals surface area contributed by atoms with E-state index in [2.05, 4.69) is 77.1 Å². The first-order chi connectivity index (χ1) is 13.6. The molecule has 0 amide bonds. The molecule has 0 heterocycles. The largest absolute Gasteiger partial charge is 3.00 e. The van der Waals surface area contributed by atoms with Crippen LogP contribution in [-0.2, 0) is 32.6 Å². The van der Waals surface area contributed by atoms with Crippen LogP contribution >= 0.6 is 0 Å². The van der Waals surface area contributed by atoms with Gasteiger partial charge in [0.05, 0.1) is 0 Å². The Kier molecular flexibility index (Phi) is 10.5. The van der Waals surface area contributed by atoms with Gasteiger partial charge in [0.15, 0.2) is 0 Å². The van der Waals surface area contributed by atoms with Crippen molar-refractivity contribution in [3.05, 3.63) is 80.3 Å². The van der Waals surface area contributed by atoms with Crippen LogP contribution in [0.1, 0.15) is 72.3 Å². The smallest absolute Gasteiger partial charge is 1.00 e. The molecule has 0 unspecified atom stereocenters. The predicted octanol–water partition coefficient (Wildman–Crippen LogP) is 0.196. The van der Waals surface area contributed by atoms with Crippen LogP contribution in [0.5, 0.6) is 0 Å². The molecule has 0 bridgehead atoms. The minimum Gasteiger partial charge on any atom is -1.00 e. The summed E-state index contributed by atoms with van der Waals surface area (Å²) >= 11 is 0. The summed E-state index contributed by atoms with van der Waals surface area (Å²) in [6, 6.07) is 7.04. The molecule has 163 valence electrons. The van der Waals surface area contributed by atoms with E-state index in [-0.39, 0.29) is 56.4 Å². The average Bonchev–Trinajstić information content (AvgIpc) is 3.38. The molecule has 0 fully saturated rings. The Morgan fingerprint density at radius 1 is 0.935 bits per heavy atom. The molecule has 1 radical (unpaired) electrons. The monoisotopic (exact) mass is 529 g/mol. The van der Waals surface area contributed by atoms with Crippen molar-refractivity contribution < 1.29 is 51.0 Å². The summed E-state index contributed by atoms with van der Waals surface area (Å²) in [7, 11) is 0. The normalized spacial score (nSPS) is 17.8. The van der Waals surface area contributed by atoms with Crippen LogP contribution < -0.4 is 35.3 Å². The zero-order valence-corrected chi connectivity index (χ0v) is 23.4. The topological polar surface area (TPSA) is 0 Å². The van der Waals surface area contributed by atoms with Gasteiger partial charge in [-0.15, -0.1) is 33.7 Å². The Morgan fingerprint density at radius 3 is 2.16 bits per heavy atom. The van der Waals surface area contributed by atoms with Gasteiger partial charge in [-0.05, 0) is 43.9 Å². The molecule has 0 aliphatic heterocycles. The van der Waals surface area contributed by atoms with Gasteiger partial charge >= 0.3 is 26.2 Å². The van der Waals surface area contributed by atoms with E-state index in [0.717, 1.165) is 38.5 Å². The third kappa shape index (κ3) is 4.32.